The predicted molar refractivity (Wildman–Crippen MR) is 94.0 cm³/mol. The van der Waals surface area contributed by atoms with Crippen molar-refractivity contribution in [3.63, 3.8) is 0 Å². The quantitative estimate of drug-likeness (QED) is 0.793. The molecule has 2 heterocycles. The molecule has 0 unspecified atom stereocenters. The number of anilines is 2. The van der Waals surface area contributed by atoms with Gasteiger partial charge in [-0.2, -0.15) is 0 Å². The van der Waals surface area contributed by atoms with E-state index in [2.05, 4.69) is 15.2 Å². The highest BCUT2D eigenvalue weighted by Gasteiger charge is 2.16. The summed E-state index contributed by atoms with van der Waals surface area (Å²) in [5.74, 6) is 0.570. The Balaban J connectivity index is 1.83. The number of hydrogen-bond acceptors (Lipinski definition) is 6. The van der Waals surface area contributed by atoms with Crippen molar-refractivity contribution in [1.82, 2.24) is 4.98 Å². The maximum atomic E-state index is 11.9. The minimum atomic E-state index is -3.18. The fraction of sp³-hybridized carbons (Fsp3) is 0.625. The van der Waals surface area contributed by atoms with Crippen LogP contribution < -0.4 is 10.2 Å². The first-order chi connectivity index (χ1) is 11.4. The summed E-state index contributed by atoms with van der Waals surface area (Å²) in [5.41, 5.74) is 0.568. The van der Waals surface area contributed by atoms with Crippen LogP contribution in [0.25, 0.3) is 0 Å². The fourth-order valence-electron chi connectivity index (χ4n) is 2.50. The van der Waals surface area contributed by atoms with Gasteiger partial charge in [-0.15, -0.1) is 0 Å². The molecule has 1 amide bonds. The molecule has 1 aliphatic rings. The lowest BCUT2D eigenvalue weighted by molar-refractivity contribution is -0.115. The summed E-state index contributed by atoms with van der Waals surface area (Å²) in [4.78, 5) is 18.4. The molecule has 1 N–H and O–H groups in total. The molecule has 24 heavy (non-hydrogen) atoms. The van der Waals surface area contributed by atoms with Crippen LogP contribution in [0, 0.1) is 5.92 Å². The Hall–Kier alpha value is -1.67. The highest BCUT2D eigenvalue weighted by atomic mass is 32.2. The van der Waals surface area contributed by atoms with Gasteiger partial charge in [-0.25, -0.2) is 13.4 Å². The van der Waals surface area contributed by atoms with Crippen molar-refractivity contribution in [2.24, 2.45) is 5.92 Å². The van der Waals surface area contributed by atoms with Gasteiger partial charge in [0.05, 0.1) is 36.6 Å². The molecule has 1 aliphatic heterocycles. The first-order valence-corrected chi connectivity index (χ1v) is 9.97. The van der Waals surface area contributed by atoms with Gasteiger partial charge in [0.15, 0.2) is 9.84 Å². The lowest BCUT2D eigenvalue weighted by Gasteiger charge is -2.27. The number of sulfone groups is 1. The predicted octanol–water partition coefficient (Wildman–Crippen LogP) is 1.32. The minimum Gasteiger partial charge on any atom is -0.378 e. The van der Waals surface area contributed by atoms with Crippen molar-refractivity contribution >= 4 is 27.2 Å². The number of carbonyl (C=O) groups is 1. The van der Waals surface area contributed by atoms with Crippen molar-refractivity contribution < 1.29 is 17.9 Å². The maximum absolute atomic E-state index is 11.9. The van der Waals surface area contributed by atoms with Gasteiger partial charge < -0.3 is 15.0 Å². The summed E-state index contributed by atoms with van der Waals surface area (Å²) in [6.45, 7) is 6.66. The molecule has 0 aromatic carbocycles. The molecule has 1 fully saturated rings. The van der Waals surface area contributed by atoms with Crippen molar-refractivity contribution in [3.05, 3.63) is 18.3 Å². The highest BCUT2D eigenvalue weighted by molar-refractivity contribution is 7.91. The topological polar surface area (TPSA) is 88.6 Å². The second-order valence-electron chi connectivity index (χ2n) is 6.31. The zero-order chi connectivity index (χ0) is 17.6. The van der Waals surface area contributed by atoms with Crippen LogP contribution in [0.5, 0.6) is 0 Å². The number of nitrogens with zero attached hydrogens (tertiary/aromatic N) is 2. The van der Waals surface area contributed by atoms with E-state index in [1.54, 1.807) is 12.3 Å². The molecule has 0 saturated carbocycles. The van der Waals surface area contributed by atoms with E-state index in [0.29, 0.717) is 18.9 Å². The van der Waals surface area contributed by atoms with Crippen LogP contribution in [0.4, 0.5) is 11.5 Å². The van der Waals surface area contributed by atoms with E-state index < -0.39 is 9.84 Å². The van der Waals surface area contributed by atoms with Crippen molar-refractivity contribution in [3.8, 4) is 0 Å². The number of pyridine rings is 1. The maximum Gasteiger partial charge on any atom is 0.225 e. The third kappa shape index (κ3) is 6.09. The van der Waals surface area contributed by atoms with Gasteiger partial charge in [-0.3, -0.25) is 4.79 Å². The molecule has 7 nitrogen and oxygen atoms in total. The molecule has 0 bridgehead atoms. The summed E-state index contributed by atoms with van der Waals surface area (Å²) in [6, 6.07) is 3.62. The summed E-state index contributed by atoms with van der Waals surface area (Å²) >= 11 is 0. The Morgan fingerprint density at radius 2 is 2.04 bits per heavy atom. The third-order valence-corrected chi connectivity index (χ3v) is 5.59. The Bertz CT molecular complexity index is 638. The average molecular weight is 355 g/mol. The number of aromatic nitrogens is 1. The molecule has 1 aromatic rings. The zero-order valence-corrected chi connectivity index (χ0v) is 15.0. The number of nitrogens with one attached hydrogen (secondary N) is 1. The van der Waals surface area contributed by atoms with Gasteiger partial charge in [0.25, 0.3) is 0 Å². The molecule has 8 heteroatoms. The summed E-state index contributed by atoms with van der Waals surface area (Å²) in [5, 5.41) is 2.69. The largest absolute Gasteiger partial charge is 0.378 e. The van der Waals surface area contributed by atoms with Crippen molar-refractivity contribution in [2.45, 2.75) is 20.3 Å². The molecule has 1 saturated heterocycles. The lowest BCUT2D eigenvalue weighted by Crippen LogP contribution is -2.36. The third-order valence-electron chi connectivity index (χ3n) is 3.59. The molecular weight excluding hydrogens is 330 g/mol. The van der Waals surface area contributed by atoms with Gasteiger partial charge >= 0.3 is 0 Å². The number of ether oxygens (including phenoxy) is 1. The molecule has 2 rings (SSSR count). The Morgan fingerprint density at radius 1 is 1.33 bits per heavy atom. The molecular formula is C16H25N3O4S. The van der Waals surface area contributed by atoms with Crippen LogP contribution in [0.2, 0.25) is 0 Å². The summed E-state index contributed by atoms with van der Waals surface area (Å²) in [6.07, 6.45) is 1.55. The van der Waals surface area contributed by atoms with Crippen LogP contribution in [0.1, 0.15) is 20.3 Å². The Labute approximate surface area is 143 Å². The van der Waals surface area contributed by atoms with E-state index >= 15 is 0 Å². The van der Waals surface area contributed by atoms with E-state index in [0.717, 1.165) is 18.9 Å². The van der Waals surface area contributed by atoms with Crippen LogP contribution in [-0.2, 0) is 19.4 Å². The highest BCUT2D eigenvalue weighted by Crippen LogP contribution is 2.15. The normalized spacial score (nSPS) is 15.5. The lowest BCUT2D eigenvalue weighted by atomic mass is 10.3. The van der Waals surface area contributed by atoms with Gasteiger partial charge in [0.2, 0.25) is 5.91 Å². The number of rotatable bonds is 7. The van der Waals surface area contributed by atoms with Crippen LogP contribution in [-0.4, -0.2) is 57.1 Å². The van der Waals surface area contributed by atoms with Crippen molar-refractivity contribution in [2.75, 3.05) is 48.0 Å². The van der Waals surface area contributed by atoms with E-state index in [1.165, 1.54) is 0 Å². The Morgan fingerprint density at radius 3 is 2.62 bits per heavy atom. The number of hydrogen-bond donors (Lipinski definition) is 1. The van der Waals surface area contributed by atoms with E-state index in [-0.39, 0.29) is 29.8 Å². The minimum absolute atomic E-state index is 0.0414. The van der Waals surface area contributed by atoms with E-state index in [1.807, 2.05) is 19.9 Å². The fourth-order valence-corrected chi connectivity index (χ4v) is 4.18. The molecule has 0 aliphatic carbocycles. The molecule has 0 spiro atoms. The smallest absolute Gasteiger partial charge is 0.225 e. The van der Waals surface area contributed by atoms with Crippen LogP contribution >= 0.6 is 0 Å². The first-order valence-electron chi connectivity index (χ1n) is 8.15. The van der Waals surface area contributed by atoms with Gasteiger partial charge in [0, 0.05) is 19.5 Å². The molecule has 134 valence electrons. The Kier molecular flexibility index (Phi) is 6.56. The number of morpholine rings is 1. The second-order valence-corrected chi connectivity index (χ2v) is 8.54. The number of carbonyl (C=O) groups excluding carboxylic acids is 1. The van der Waals surface area contributed by atoms with E-state index in [9.17, 15) is 13.2 Å². The molecule has 0 atom stereocenters. The van der Waals surface area contributed by atoms with Gasteiger partial charge in [-0.05, 0) is 18.1 Å². The second kappa shape index (κ2) is 8.43. The first kappa shape index (κ1) is 18.7. The SMILES string of the molecule is CC(C)CS(=O)(=O)CCC(=O)Nc1ccc(N2CCOCC2)nc1. The van der Waals surface area contributed by atoms with Crippen LogP contribution in [0.15, 0.2) is 18.3 Å². The standard InChI is InChI=1S/C16H25N3O4S/c1-13(2)12-24(21,22)10-5-16(20)18-14-3-4-15(17-11-14)19-6-8-23-9-7-19/h3-4,11,13H,5-10,12H2,1-2H3,(H,18,20). The van der Waals surface area contributed by atoms with Crippen LogP contribution in [0.3, 0.4) is 0 Å². The monoisotopic (exact) mass is 355 g/mol. The molecule has 0 radical (unpaired) electrons. The molecule has 1 aromatic heterocycles. The average Bonchev–Trinajstić information content (AvgIpc) is 2.53. The zero-order valence-electron chi connectivity index (χ0n) is 14.2. The van der Waals surface area contributed by atoms with E-state index in [4.69, 9.17) is 4.74 Å². The summed E-state index contributed by atoms with van der Waals surface area (Å²) < 4.78 is 28.9. The van der Waals surface area contributed by atoms with Gasteiger partial charge in [0.1, 0.15) is 5.82 Å². The number of amides is 1. The van der Waals surface area contributed by atoms with Gasteiger partial charge in [-0.1, -0.05) is 13.8 Å². The van der Waals surface area contributed by atoms with Crippen molar-refractivity contribution in [1.29, 1.82) is 0 Å². The summed E-state index contributed by atoms with van der Waals surface area (Å²) in [7, 11) is -3.18.